The van der Waals surface area contributed by atoms with Gasteiger partial charge in [0.15, 0.2) is 13.2 Å². The lowest BCUT2D eigenvalue weighted by molar-refractivity contribution is -0.124. The minimum Gasteiger partial charge on any atom is -0.484 e. The molecule has 3 unspecified atom stereocenters. The van der Waals surface area contributed by atoms with Crippen molar-refractivity contribution in [1.29, 1.82) is 0 Å². The number of aromatic nitrogens is 2. The number of nitrogens with one attached hydrogen (secondary N) is 1. The van der Waals surface area contributed by atoms with Crippen LogP contribution in [-0.4, -0.2) is 28.8 Å². The predicted octanol–water partition coefficient (Wildman–Crippen LogP) is 4.83. The highest BCUT2D eigenvalue weighted by molar-refractivity contribution is 6.42. The third-order valence-electron chi connectivity index (χ3n) is 5.88. The molecule has 0 spiro atoms. The summed E-state index contributed by atoms with van der Waals surface area (Å²) in [6.45, 7) is 0.0858. The fourth-order valence-corrected chi connectivity index (χ4v) is 4.52. The van der Waals surface area contributed by atoms with Crippen molar-refractivity contribution in [3.63, 3.8) is 0 Å². The van der Waals surface area contributed by atoms with Crippen LogP contribution in [0, 0.1) is 5.92 Å². The molecule has 2 saturated carbocycles. The van der Waals surface area contributed by atoms with Gasteiger partial charge in [0.2, 0.25) is 5.89 Å². The first-order valence-corrected chi connectivity index (χ1v) is 11.1. The first kappa shape index (κ1) is 21.4. The van der Waals surface area contributed by atoms with Crippen molar-refractivity contribution in [3.05, 3.63) is 69.3 Å². The number of benzene rings is 2. The van der Waals surface area contributed by atoms with Crippen molar-refractivity contribution in [3.8, 4) is 11.5 Å². The lowest BCUT2D eigenvalue weighted by Gasteiger charge is -2.32. The number of amides is 1. The Morgan fingerprint density at radius 2 is 1.81 bits per heavy atom. The van der Waals surface area contributed by atoms with Gasteiger partial charge in [0.1, 0.15) is 11.5 Å². The highest BCUT2D eigenvalue weighted by Gasteiger charge is 2.71. The minimum atomic E-state index is -0.191. The summed E-state index contributed by atoms with van der Waals surface area (Å²) >= 11 is 17.7. The van der Waals surface area contributed by atoms with E-state index in [4.69, 9.17) is 48.7 Å². The van der Waals surface area contributed by atoms with Crippen LogP contribution in [0.5, 0.6) is 11.5 Å². The summed E-state index contributed by atoms with van der Waals surface area (Å²) in [6, 6.07) is 12.0. The Morgan fingerprint density at radius 3 is 2.56 bits per heavy atom. The molecule has 1 amide bonds. The third-order valence-corrected chi connectivity index (χ3v) is 6.87. The fourth-order valence-electron chi connectivity index (χ4n) is 4.11. The Kier molecular flexibility index (Phi) is 5.65. The summed E-state index contributed by atoms with van der Waals surface area (Å²) in [5, 5.41) is 12.8. The normalized spacial score (nSPS) is 23.1. The van der Waals surface area contributed by atoms with E-state index in [1.54, 1.807) is 42.5 Å². The van der Waals surface area contributed by atoms with Crippen molar-refractivity contribution in [2.24, 2.45) is 5.92 Å². The molecule has 1 N–H and O–H groups in total. The van der Waals surface area contributed by atoms with E-state index in [9.17, 15) is 4.79 Å². The van der Waals surface area contributed by atoms with Crippen LogP contribution in [0.15, 0.2) is 46.9 Å². The number of nitrogens with zero attached hydrogens (tertiary/aromatic N) is 2. The molecular formula is C22H18Cl3N3O4. The van der Waals surface area contributed by atoms with E-state index in [0.29, 0.717) is 44.3 Å². The molecule has 10 heteroatoms. The van der Waals surface area contributed by atoms with Gasteiger partial charge >= 0.3 is 0 Å². The molecule has 0 radical (unpaired) electrons. The van der Waals surface area contributed by atoms with E-state index >= 15 is 0 Å². The summed E-state index contributed by atoms with van der Waals surface area (Å²) in [7, 11) is 0. The number of rotatable bonds is 8. The molecule has 0 bridgehead atoms. The summed E-state index contributed by atoms with van der Waals surface area (Å²) in [5.74, 6) is 2.28. The van der Waals surface area contributed by atoms with Crippen molar-refractivity contribution < 1.29 is 18.7 Å². The fraction of sp³-hybridized carbons (Fsp3) is 0.318. The van der Waals surface area contributed by atoms with Crippen LogP contribution in [0.2, 0.25) is 15.1 Å². The van der Waals surface area contributed by atoms with Gasteiger partial charge in [0, 0.05) is 17.1 Å². The average molecular weight is 495 g/mol. The van der Waals surface area contributed by atoms with Crippen molar-refractivity contribution >= 4 is 40.7 Å². The zero-order valence-corrected chi connectivity index (χ0v) is 19.0. The molecule has 2 aliphatic carbocycles. The SMILES string of the molecule is O=C(COc1ccc(Cl)c(Cl)c1)NC1CC2(c3nnc(COc4ccc(Cl)cc4)o3)CC12. The van der Waals surface area contributed by atoms with E-state index < -0.39 is 0 Å². The number of ether oxygens (including phenoxy) is 2. The molecule has 0 aliphatic heterocycles. The van der Waals surface area contributed by atoms with Gasteiger partial charge in [0.05, 0.1) is 15.5 Å². The second kappa shape index (κ2) is 8.46. The summed E-state index contributed by atoms with van der Waals surface area (Å²) in [6.07, 6.45) is 1.67. The quantitative estimate of drug-likeness (QED) is 0.482. The number of carbonyl (C=O) groups excluding carboxylic acids is 1. The molecule has 3 atom stereocenters. The van der Waals surface area contributed by atoms with Gasteiger partial charge in [-0.05, 0) is 55.2 Å². The van der Waals surface area contributed by atoms with Crippen LogP contribution in [0.1, 0.15) is 24.6 Å². The zero-order valence-electron chi connectivity index (χ0n) is 16.7. The van der Waals surface area contributed by atoms with E-state index in [0.717, 1.165) is 12.8 Å². The number of hydrogen-bond donors (Lipinski definition) is 1. The Balaban J connectivity index is 1.09. The lowest BCUT2D eigenvalue weighted by Crippen LogP contribution is -2.48. The van der Waals surface area contributed by atoms with Gasteiger partial charge in [-0.15, -0.1) is 10.2 Å². The van der Waals surface area contributed by atoms with Crippen LogP contribution >= 0.6 is 34.8 Å². The summed E-state index contributed by atoms with van der Waals surface area (Å²) in [4.78, 5) is 12.3. The first-order valence-electron chi connectivity index (χ1n) is 10.0. The predicted molar refractivity (Wildman–Crippen MR) is 118 cm³/mol. The highest BCUT2D eigenvalue weighted by atomic mass is 35.5. The Morgan fingerprint density at radius 1 is 1.03 bits per heavy atom. The van der Waals surface area contributed by atoms with Gasteiger partial charge < -0.3 is 19.2 Å². The van der Waals surface area contributed by atoms with Gasteiger partial charge in [-0.2, -0.15) is 0 Å². The second-order valence-electron chi connectivity index (χ2n) is 7.95. The summed E-state index contributed by atoms with van der Waals surface area (Å²) in [5.41, 5.74) is -0.131. The van der Waals surface area contributed by atoms with Crippen LogP contribution in [0.3, 0.4) is 0 Å². The number of hydrogen-bond acceptors (Lipinski definition) is 6. The maximum atomic E-state index is 12.3. The average Bonchev–Trinajstić information content (AvgIpc) is 3.13. The van der Waals surface area contributed by atoms with Gasteiger partial charge in [0.25, 0.3) is 11.8 Å². The van der Waals surface area contributed by atoms with Crippen LogP contribution in [0.4, 0.5) is 0 Å². The molecule has 0 saturated heterocycles. The standard InChI is InChI=1S/C22H18Cl3N3O4/c23-12-1-3-13(4-2-12)31-11-20-27-28-21(32-20)22-8-15(22)18(9-22)26-19(29)10-30-14-5-6-16(24)17(25)7-14/h1-7,15,18H,8-11H2,(H,26,29). The molecule has 1 aromatic heterocycles. The second-order valence-corrected chi connectivity index (χ2v) is 9.20. The molecule has 2 fully saturated rings. The molecule has 32 heavy (non-hydrogen) atoms. The van der Waals surface area contributed by atoms with Gasteiger partial charge in [-0.3, -0.25) is 4.79 Å². The number of carbonyl (C=O) groups is 1. The molecule has 2 aromatic carbocycles. The van der Waals surface area contributed by atoms with E-state index in [-0.39, 0.29) is 30.6 Å². The maximum Gasteiger partial charge on any atom is 0.258 e. The zero-order chi connectivity index (χ0) is 22.3. The van der Waals surface area contributed by atoms with Gasteiger partial charge in [-0.25, -0.2) is 0 Å². The van der Waals surface area contributed by atoms with Crippen LogP contribution < -0.4 is 14.8 Å². The molecule has 2 aliphatic rings. The lowest BCUT2D eigenvalue weighted by atomic mass is 9.80. The minimum absolute atomic E-state index is 0.0700. The maximum absolute atomic E-state index is 12.3. The van der Waals surface area contributed by atoms with Crippen LogP contribution in [0.25, 0.3) is 0 Å². The molecule has 7 nitrogen and oxygen atoms in total. The van der Waals surface area contributed by atoms with E-state index in [2.05, 4.69) is 15.5 Å². The Labute approximate surface area is 199 Å². The molecule has 5 rings (SSSR count). The number of fused-ring (bicyclic) bond motifs is 1. The van der Waals surface area contributed by atoms with Crippen molar-refractivity contribution in [2.75, 3.05) is 6.61 Å². The van der Waals surface area contributed by atoms with E-state index in [1.165, 1.54) is 0 Å². The molecule has 3 aromatic rings. The third kappa shape index (κ3) is 4.25. The highest BCUT2D eigenvalue weighted by Crippen LogP contribution is 2.67. The van der Waals surface area contributed by atoms with Crippen molar-refractivity contribution in [2.45, 2.75) is 30.9 Å². The topological polar surface area (TPSA) is 86.5 Å². The Bertz CT molecular complexity index is 1150. The van der Waals surface area contributed by atoms with Gasteiger partial charge in [-0.1, -0.05) is 34.8 Å². The first-order chi connectivity index (χ1) is 15.4. The Hall–Kier alpha value is -2.48. The molecule has 1 heterocycles. The van der Waals surface area contributed by atoms with Crippen LogP contribution in [-0.2, 0) is 16.8 Å². The van der Waals surface area contributed by atoms with E-state index in [1.807, 2.05) is 0 Å². The molecular weight excluding hydrogens is 477 g/mol. The van der Waals surface area contributed by atoms with Crippen molar-refractivity contribution in [1.82, 2.24) is 15.5 Å². The monoisotopic (exact) mass is 493 g/mol. The molecule has 166 valence electrons. The largest absolute Gasteiger partial charge is 0.484 e. The smallest absolute Gasteiger partial charge is 0.258 e. The summed E-state index contributed by atoms with van der Waals surface area (Å²) < 4.78 is 17.0. The number of halogens is 3.